The average Bonchev–Trinajstić information content (AvgIpc) is 2.97. The predicted molar refractivity (Wildman–Crippen MR) is 116 cm³/mol. The number of aromatic nitrogens is 1. The Labute approximate surface area is 163 Å². The normalized spacial score (nSPS) is 11.4. The number of benzene rings is 3. The summed E-state index contributed by atoms with van der Waals surface area (Å²) in [5.41, 5.74) is 6.77. The fourth-order valence-electron chi connectivity index (χ4n) is 3.40. The van der Waals surface area contributed by atoms with Crippen LogP contribution in [0.4, 0.5) is 5.69 Å². The molecule has 5 heteroatoms. The van der Waals surface area contributed by atoms with E-state index in [1.807, 2.05) is 56.4 Å². The summed E-state index contributed by atoms with van der Waals surface area (Å²) in [4.78, 5) is 12.1. The number of rotatable bonds is 5. The number of anilines is 1. The molecule has 2 N–H and O–H groups in total. The largest absolute Gasteiger partial charge is 0.376 e. The van der Waals surface area contributed by atoms with Crippen LogP contribution in [0.5, 0.6) is 0 Å². The van der Waals surface area contributed by atoms with Gasteiger partial charge in [-0.2, -0.15) is 5.10 Å². The Hall–Kier alpha value is -3.60. The van der Waals surface area contributed by atoms with E-state index in [-0.39, 0.29) is 12.5 Å². The topological polar surface area (TPSA) is 58.4 Å². The molecular weight excluding hydrogens is 348 g/mol. The zero-order valence-corrected chi connectivity index (χ0v) is 15.9. The molecule has 0 fully saturated rings. The summed E-state index contributed by atoms with van der Waals surface area (Å²) in [6.45, 7) is 2.20. The summed E-state index contributed by atoms with van der Waals surface area (Å²) in [6.07, 6.45) is 1.71. The predicted octanol–water partition coefficient (Wildman–Crippen LogP) is 4.20. The number of hydrazone groups is 1. The van der Waals surface area contributed by atoms with E-state index < -0.39 is 0 Å². The monoisotopic (exact) mass is 370 g/mol. The van der Waals surface area contributed by atoms with Crippen molar-refractivity contribution in [2.24, 2.45) is 12.1 Å². The summed E-state index contributed by atoms with van der Waals surface area (Å²) >= 11 is 0. The Bertz CT molecular complexity index is 1190. The molecule has 0 atom stereocenters. The van der Waals surface area contributed by atoms with Gasteiger partial charge in [-0.15, -0.1) is 0 Å². The van der Waals surface area contributed by atoms with Crippen molar-refractivity contribution in [3.05, 3.63) is 78.0 Å². The van der Waals surface area contributed by atoms with Gasteiger partial charge in [0.1, 0.15) is 0 Å². The van der Waals surface area contributed by atoms with Gasteiger partial charge in [-0.25, -0.2) is 5.43 Å². The van der Waals surface area contributed by atoms with Gasteiger partial charge in [0.05, 0.1) is 12.8 Å². The molecule has 1 aromatic heterocycles. The Balaban J connectivity index is 1.40. The minimum Gasteiger partial charge on any atom is -0.376 e. The Morgan fingerprint density at radius 1 is 1.04 bits per heavy atom. The molecule has 3 aromatic carbocycles. The third-order valence-electron chi connectivity index (χ3n) is 5.03. The van der Waals surface area contributed by atoms with Gasteiger partial charge in [0.25, 0.3) is 5.91 Å². The average molecular weight is 370 g/mol. The van der Waals surface area contributed by atoms with Crippen LogP contribution < -0.4 is 10.7 Å². The number of para-hydroxylation sites is 1. The molecule has 0 aliphatic heterocycles. The van der Waals surface area contributed by atoms with Crippen LogP contribution >= 0.6 is 0 Å². The molecule has 0 aliphatic rings. The van der Waals surface area contributed by atoms with Gasteiger partial charge in [0.15, 0.2) is 0 Å². The van der Waals surface area contributed by atoms with Crippen LogP contribution in [0, 0.1) is 6.92 Å². The zero-order chi connectivity index (χ0) is 19.5. The quantitative estimate of drug-likeness (QED) is 0.409. The first-order valence-corrected chi connectivity index (χ1v) is 9.22. The molecular formula is C23H22N4O. The highest BCUT2D eigenvalue weighted by Gasteiger charge is 2.09. The molecule has 5 nitrogen and oxygen atoms in total. The van der Waals surface area contributed by atoms with Crippen molar-refractivity contribution in [3.8, 4) is 0 Å². The van der Waals surface area contributed by atoms with Gasteiger partial charge in [-0.1, -0.05) is 48.5 Å². The molecule has 4 aromatic rings. The third-order valence-corrected chi connectivity index (χ3v) is 5.03. The van der Waals surface area contributed by atoms with Crippen molar-refractivity contribution < 1.29 is 4.79 Å². The van der Waals surface area contributed by atoms with E-state index in [1.54, 1.807) is 6.21 Å². The lowest BCUT2D eigenvalue weighted by atomic mass is 10.1. The molecule has 4 rings (SSSR count). The van der Waals surface area contributed by atoms with E-state index in [4.69, 9.17) is 0 Å². The van der Waals surface area contributed by atoms with Gasteiger partial charge >= 0.3 is 0 Å². The molecule has 0 aliphatic carbocycles. The molecule has 0 radical (unpaired) electrons. The highest BCUT2D eigenvalue weighted by Crippen LogP contribution is 2.23. The van der Waals surface area contributed by atoms with E-state index in [0.29, 0.717) is 0 Å². The van der Waals surface area contributed by atoms with Crippen LogP contribution in [0.25, 0.3) is 21.7 Å². The molecule has 140 valence electrons. The minimum absolute atomic E-state index is 0.157. The molecule has 0 saturated carbocycles. The fourth-order valence-corrected chi connectivity index (χ4v) is 3.40. The second kappa shape index (κ2) is 7.56. The molecule has 0 saturated heterocycles. The van der Waals surface area contributed by atoms with Crippen LogP contribution in [0.2, 0.25) is 0 Å². The summed E-state index contributed by atoms with van der Waals surface area (Å²) in [6, 6.07) is 22.3. The maximum Gasteiger partial charge on any atom is 0.259 e. The summed E-state index contributed by atoms with van der Waals surface area (Å²) in [5.74, 6) is -0.192. The molecule has 0 unspecified atom stereocenters. The SMILES string of the molecule is Cc1c(/C=N/NC(=O)CNc2ccc3ccccc3c2)c2ccccc2n1C. The zero-order valence-electron chi connectivity index (χ0n) is 15.9. The highest BCUT2D eigenvalue weighted by molar-refractivity contribution is 6.01. The number of hydrogen-bond donors (Lipinski definition) is 2. The van der Waals surface area contributed by atoms with Crippen LogP contribution in [0.15, 0.2) is 71.8 Å². The van der Waals surface area contributed by atoms with Crippen LogP contribution in [0.3, 0.4) is 0 Å². The van der Waals surface area contributed by atoms with Crippen molar-refractivity contribution in [1.29, 1.82) is 0 Å². The van der Waals surface area contributed by atoms with E-state index >= 15 is 0 Å². The second-order valence-electron chi connectivity index (χ2n) is 6.78. The fraction of sp³-hybridized carbons (Fsp3) is 0.130. The number of fused-ring (bicyclic) bond motifs is 2. The minimum atomic E-state index is -0.192. The maximum absolute atomic E-state index is 12.1. The number of nitrogens with one attached hydrogen (secondary N) is 2. The number of amides is 1. The standard InChI is InChI=1S/C23H22N4O/c1-16-21(20-9-5-6-10-22(20)27(16)2)14-25-26-23(28)15-24-19-12-11-17-7-3-4-8-18(17)13-19/h3-14,24H,15H2,1-2H3,(H,26,28)/b25-14+. The lowest BCUT2D eigenvalue weighted by molar-refractivity contribution is -0.119. The third kappa shape index (κ3) is 3.47. The number of carbonyl (C=O) groups is 1. The lowest BCUT2D eigenvalue weighted by Gasteiger charge is -2.06. The molecule has 0 spiro atoms. The van der Waals surface area contributed by atoms with E-state index in [0.717, 1.165) is 33.2 Å². The molecule has 1 amide bonds. The summed E-state index contributed by atoms with van der Waals surface area (Å²) in [7, 11) is 2.03. The van der Waals surface area contributed by atoms with Gasteiger partial charge in [0.2, 0.25) is 0 Å². The molecule has 1 heterocycles. The first kappa shape index (κ1) is 17.8. The highest BCUT2D eigenvalue weighted by atomic mass is 16.2. The first-order chi connectivity index (χ1) is 13.6. The first-order valence-electron chi connectivity index (χ1n) is 9.22. The maximum atomic E-state index is 12.1. The van der Waals surface area contributed by atoms with Crippen LogP contribution in [0.1, 0.15) is 11.3 Å². The lowest BCUT2D eigenvalue weighted by Crippen LogP contribution is -2.25. The van der Waals surface area contributed by atoms with Crippen molar-refractivity contribution in [3.63, 3.8) is 0 Å². The summed E-state index contributed by atoms with van der Waals surface area (Å²) < 4.78 is 2.12. The Morgan fingerprint density at radius 3 is 2.64 bits per heavy atom. The van der Waals surface area contributed by atoms with Gasteiger partial charge in [-0.05, 0) is 35.9 Å². The summed E-state index contributed by atoms with van der Waals surface area (Å²) in [5, 5.41) is 10.7. The second-order valence-corrected chi connectivity index (χ2v) is 6.78. The number of carbonyl (C=O) groups excluding carboxylic acids is 1. The number of aryl methyl sites for hydroxylation is 1. The van der Waals surface area contributed by atoms with Gasteiger partial charge < -0.3 is 9.88 Å². The van der Waals surface area contributed by atoms with E-state index in [9.17, 15) is 4.79 Å². The molecule has 0 bridgehead atoms. The van der Waals surface area contributed by atoms with Gasteiger partial charge in [0, 0.05) is 34.9 Å². The van der Waals surface area contributed by atoms with Crippen LogP contribution in [-0.2, 0) is 11.8 Å². The Kier molecular flexibility index (Phi) is 4.81. The number of nitrogens with zero attached hydrogens (tertiary/aromatic N) is 2. The van der Waals surface area contributed by atoms with Crippen LogP contribution in [-0.4, -0.2) is 23.2 Å². The van der Waals surface area contributed by atoms with Gasteiger partial charge in [-0.3, -0.25) is 4.79 Å². The van der Waals surface area contributed by atoms with Crippen molar-refractivity contribution in [2.45, 2.75) is 6.92 Å². The smallest absolute Gasteiger partial charge is 0.259 e. The van der Waals surface area contributed by atoms with E-state index in [2.05, 4.69) is 44.7 Å². The molecule has 28 heavy (non-hydrogen) atoms. The van der Waals surface area contributed by atoms with Crippen molar-refractivity contribution >= 4 is 39.5 Å². The van der Waals surface area contributed by atoms with E-state index in [1.165, 1.54) is 5.39 Å². The van der Waals surface area contributed by atoms with Crippen molar-refractivity contribution in [2.75, 3.05) is 11.9 Å². The Morgan fingerprint density at radius 2 is 1.79 bits per heavy atom. The number of hydrogen-bond acceptors (Lipinski definition) is 3. The van der Waals surface area contributed by atoms with Crippen molar-refractivity contribution in [1.82, 2.24) is 9.99 Å².